The number of ether oxygens (including phenoxy) is 3. The Labute approximate surface area is 113 Å². The summed E-state index contributed by atoms with van der Waals surface area (Å²) in [5, 5.41) is 3.78. The van der Waals surface area contributed by atoms with Crippen molar-refractivity contribution in [2.45, 2.75) is 26.3 Å². The highest BCUT2D eigenvalue weighted by Gasteiger charge is 2.21. The molecule has 0 amide bonds. The summed E-state index contributed by atoms with van der Waals surface area (Å²) in [4.78, 5) is 0. The molecule has 0 radical (unpaired) electrons. The van der Waals surface area contributed by atoms with Crippen LogP contribution in [0.25, 0.3) is 0 Å². The molecule has 0 atom stereocenters. The van der Waals surface area contributed by atoms with E-state index in [2.05, 4.69) is 5.32 Å². The Hall–Kier alpha value is -1.29. The molecule has 1 aromatic rings. The Morgan fingerprint density at radius 1 is 1.00 bits per heavy atom. The summed E-state index contributed by atoms with van der Waals surface area (Å²) in [6, 6.07) is 1.80. The number of hydrogen-bond donors (Lipinski definition) is 1. The molecule has 1 aromatic carbocycles. The fraction of sp³-hybridized carbons (Fsp3) is 0.538. The van der Waals surface area contributed by atoms with Crippen molar-refractivity contribution in [1.82, 2.24) is 0 Å². The van der Waals surface area contributed by atoms with Crippen LogP contribution < -0.4 is 19.5 Å². The predicted molar refractivity (Wildman–Crippen MR) is 74.5 cm³/mol. The van der Waals surface area contributed by atoms with Crippen LogP contribution >= 0.6 is 11.6 Å². The molecule has 0 aromatic heterocycles. The van der Waals surface area contributed by atoms with E-state index in [9.17, 15) is 0 Å². The number of nitrogens with one attached hydrogen (secondary N) is 1. The largest absolute Gasteiger partial charge is 0.493 e. The maximum Gasteiger partial charge on any atom is 0.205 e. The molecular weight excluding hydrogens is 254 g/mol. The number of halogens is 1. The standard InChI is InChI=1S/C13H20ClNO3/c1-13(2,3)15-8-7-9(16-4)11(17-5)12(18-6)10(8)14/h7,15H,1-6H3. The summed E-state index contributed by atoms with van der Waals surface area (Å²) in [6.07, 6.45) is 0. The number of methoxy groups -OCH3 is 3. The van der Waals surface area contributed by atoms with E-state index in [0.717, 1.165) is 5.69 Å². The van der Waals surface area contributed by atoms with Crippen molar-refractivity contribution in [2.24, 2.45) is 0 Å². The van der Waals surface area contributed by atoms with Crippen LogP contribution in [0.2, 0.25) is 5.02 Å². The lowest BCUT2D eigenvalue weighted by molar-refractivity contribution is 0.324. The first kappa shape index (κ1) is 14.8. The lowest BCUT2D eigenvalue weighted by Gasteiger charge is -2.25. The van der Waals surface area contributed by atoms with Crippen molar-refractivity contribution >= 4 is 17.3 Å². The lowest BCUT2D eigenvalue weighted by Crippen LogP contribution is -2.26. The first-order valence-corrected chi connectivity index (χ1v) is 5.98. The lowest BCUT2D eigenvalue weighted by atomic mass is 10.1. The van der Waals surface area contributed by atoms with Gasteiger partial charge >= 0.3 is 0 Å². The number of anilines is 1. The van der Waals surface area contributed by atoms with Crippen LogP contribution in [0.15, 0.2) is 6.07 Å². The third-order valence-corrected chi connectivity index (χ3v) is 2.65. The average Bonchev–Trinajstić information content (AvgIpc) is 2.29. The topological polar surface area (TPSA) is 39.7 Å². The molecule has 0 aliphatic rings. The smallest absolute Gasteiger partial charge is 0.205 e. The van der Waals surface area contributed by atoms with Crippen LogP contribution in [0, 0.1) is 0 Å². The quantitative estimate of drug-likeness (QED) is 0.910. The van der Waals surface area contributed by atoms with E-state index in [0.29, 0.717) is 22.3 Å². The Morgan fingerprint density at radius 3 is 1.94 bits per heavy atom. The summed E-state index contributed by atoms with van der Waals surface area (Å²) < 4.78 is 15.8. The van der Waals surface area contributed by atoms with Gasteiger partial charge in [-0.2, -0.15) is 0 Å². The van der Waals surface area contributed by atoms with Gasteiger partial charge in [0.25, 0.3) is 0 Å². The summed E-state index contributed by atoms with van der Waals surface area (Å²) in [5.74, 6) is 1.53. The summed E-state index contributed by atoms with van der Waals surface area (Å²) >= 11 is 6.30. The second kappa shape index (κ2) is 5.57. The highest BCUT2D eigenvalue weighted by molar-refractivity contribution is 6.35. The molecule has 0 saturated carbocycles. The van der Waals surface area contributed by atoms with Gasteiger partial charge in [0, 0.05) is 11.6 Å². The van der Waals surface area contributed by atoms with Gasteiger partial charge in [-0.3, -0.25) is 0 Å². The van der Waals surface area contributed by atoms with Crippen molar-refractivity contribution in [3.05, 3.63) is 11.1 Å². The first-order valence-electron chi connectivity index (χ1n) is 5.60. The van der Waals surface area contributed by atoms with Crippen LogP contribution in [0.5, 0.6) is 17.2 Å². The molecule has 0 saturated heterocycles. The van der Waals surface area contributed by atoms with Gasteiger partial charge in [0.05, 0.1) is 27.0 Å². The van der Waals surface area contributed by atoms with Gasteiger partial charge < -0.3 is 19.5 Å². The molecule has 0 unspecified atom stereocenters. The third kappa shape index (κ3) is 3.13. The van der Waals surface area contributed by atoms with Crippen molar-refractivity contribution in [3.8, 4) is 17.2 Å². The van der Waals surface area contributed by atoms with Crippen molar-refractivity contribution in [3.63, 3.8) is 0 Å². The Morgan fingerprint density at radius 2 is 1.56 bits per heavy atom. The highest BCUT2D eigenvalue weighted by atomic mass is 35.5. The maximum atomic E-state index is 6.30. The van der Waals surface area contributed by atoms with Crippen LogP contribution in [-0.2, 0) is 0 Å². The average molecular weight is 274 g/mol. The summed E-state index contributed by atoms with van der Waals surface area (Å²) in [7, 11) is 4.67. The number of hydrogen-bond acceptors (Lipinski definition) is 4. The zero-order valence-electron chi connectivity index (χ0n) is 11.7. The fourth-order valence-electron chi connectivity index (χ4n) is 1.62. The molecule has 0 fully saturated rings. The second-order valence-corrected chi connectivity index (χ2v) is 5.26. The number of rotatable bonds is 4. The number of benzene rings is 1. The predicted octanol–water partition coefficient (Wildman–Crippen LogP) is 3.58. The minimum atomic E-state index is -0.117. The van der Waals surface area contributed by atoms with E-state index in [1.807, 2.05) is 20.8 Å². The SMILES string of the molecule is COc1cc(NC(C)(C)C)c(Cl)c(OC)c1OC. The molecule has 0 aliphatic carbocycles. The van der Waals surface area contributed by atoms with Crippen LogP contribution in [0.4, 0.5) is 5.69 Å². The van der Waals surface area contributed by atoms with Crippen LogP contribution in [-0.4, -0.2) is 26.9 Å². The Kier molecular flexibility index (Phi) is 4.57. The summed E-state index contributed by atoms with van der Waals surface area (Å²) in [6.45, 7) is 6.14. The Bertz CT molecular complexity index is 427. The molecule has 5 heteroatoms. The monoisotopic (exact) mass is 273 g/mol. The molecule has 18 heavy (non-hydrogen) atoms. The van der Waals surface area contributed by atoms with E-state index < -0.39 is 0 Å². The van der Waals surface area contributed by atoms with Crippen molar-refractivity contribution in [2.75, 3.05) is 26.6 Å². The Balaban J connectivity index is 3.37. The first-order chi connectivity index (χ1) is 8.34. The van der Waals surface area contributed by atoms with E-state index in [-0.39, 0.29) is 5.54 Å². The molecule has 4 nitrogen and oxygen atoms in total. The van der Waals surface area contributed by atoms with Crippen molar-refractivity contribution < 1.29 is 14.2 Å². The van der Waals surface area contributed by atoms with E-state index in [1.54, 1.807) is 27.4 Å². The molecule has 102 valence electrons. The van der Waals surface area contributed by atoms with Gasteiger partial charge in [0.1, 0.15) is 5.02 Å². The zero-order valence-corrected chi connectivity index (χ0v) is 12.4. The second-order valence-electron chi connectivity index (χ2n) is 4.88. The van der Waals surface area contributed by atoms with Gasteiger partial charge in [0.2, 0.25) is 5.75 Å². The molecule has 0 heterocycles. The van der Waals surface area contributed by atoms with E-state index in [4.69, 9.17) is 25.8 Å². The van der Waals surface area contributed by atoms with Crippen LogP contribution in [0.3, 0.4) is 0 Å². The van der Waals surface area contributed by atoms with E-state index in [1.165, 1.54) is 0 Å². The molecule has 1 N–H and O–H groups in total. The van der Waals surface area contributed by atoms with Gasteiger partial charge in [-0.25, -0.2) is 0 Å². The zero-order chi connectivity index (χ0) is 13.9. The van der Waals surface area contributed by atoms with Gasteiger partial charge in [-0.1, -0.05) is 11.6 Å². The fourth-order valence-corrected chi connectivity index (χ4v) is 1.88. The van der Waals surface area contributed by atoms with Crippen molar-refractivity contribution in [1.29, 1.82) is 0 Å². The van der Waals surface area contributed by atoms with Crippen LogP contribution in [0.1, 0.15) is 20.8 Å². The molecule has 0 spiro atoms. The highest BCUT2D eigenvalue weighted by Crippen LogP contribution is 2.47. The molecule has 0 aliphatic heterocycles. The van der Waals surface area contributed by atoms with Gasteiger partial charge in [-0.05, 0) is 20.8 Å². The molecule has 0 bridgehead atoms. The maximum absolute atomic E-state index is 6.30. The molecular formula is C13H20ClNO3. The minimum Gasteiger partial charge on any atom is -0.493 e. The normalized spacial score (nSPS) is 11.1. The third-order valence-electron chi connectivity index (χ3n) is 2.28. The molecule has 1 rings (SSSR count). The van der Waals surface area contributed by atoms with E-state index >= 15 is 0 Å². The minimum absolute atomic E-state index is 0.117. The van der Waals surface area contributed by atoms with Gasteiger partial charge in [-0.15, -0.1) is 0 Å². The van der Waals surface area contributed by atoms with Gasteiger partial charge in [0.15, 0.2) is 11.5 Å². The summed E-state index contributed by atoms with van der Waals surface area (Å²) in [5.41, 5.74) is 0.632.